The van der Waals surface area contributed by atoms with E-state index >= 15 is 0 Å². The zero-order valence-corrected chi connectivity index (χ0v) is 15.0. The molecule has 24 heavy (non-hydrogen) atoms. The number of fused-ring (bicyclic) bond motifs is 1. The van der Waals surface area contributed by atoms with E-state index in [0.29, 0.717) is 17.1 Å². The van der Waals surface area contributed by atoms with Crippen LogP contribution in [0.2, 0.25) is 0 Å². The van der Waals surface area contributed by atoms with E-state index in [4.69, 9.17) is 14.2 Å². The molecule has 1 aliphatic rings. The molecule has 124 valence electrons. The molecule has 0 amide bonds. The quantitative estimate of drug-likeness (QED) is 0.541. The van der Waals surface area contributed by atoms with E-state index in [-0.39, 0.29) is 18.7 Å². The molecule has 0 radical (unpaired) electrons. The molecule has 2 aromatic rings. The number of hydrogen-bond acceptors (Lipinski definition) is 4. The van der Waals surface area contributed by atoms with Gasteiger partial charge in [0.05, 0.1) is 6.10 Å². The molecule has 2 aromatic carbocycles. The molecule has 0 fully saturated rings. The average Bonchev–Trinajstić information content (AvgIpc) is 3.01. The van der Waals surface area contributed by atoms with Gasteiger partial charge in [-0.3, -0.25) is 4.79 Å². The molecule has 4 nitrogen and oxygen atoms in total. The van der Waals surface area contributed by atoms with Crippen LogP contribution >= 0.6 is 15.9 Å². The van der Waals surface area contributed by atoms with Crippen LogP contribution in [-0.2, 0) is 0 Å². The third kappa shape index (κ3) is 3.79. The molecule has 1 heterocycles. The van der Waals surface area contributed by atoms with Crippen molar-refractivity contribution in [2.24, 2.45) is 0 Å². The smallest absolute Gasteiger partial charge is 0.231 e. The molecular weight excluding hydrogens is 372 g/mol. The van der Waals surface area contributed by atoms with E-state index in [1.54, 1.807) is 12.1 Å². The number of halogens is 1. The average molecular weight is 389 g/mol. The second-order valence-corrected chi connectivity index (χ2v) is 6.47. The lowest BCUT2D eigenvalue weighted by Crippen LogP contribution is -2.06. The molecule has 0 aromatic heterocycles. The molecule has 0 aliphatic carbocycles. The molecule has 0 saturated carbocycles. The first-order valence-electron chi connectivity index (χ1n) is 7.61. The van der Waals surface area contributed by atoms with Crippen molar-refractivity contribution >= 4 is 27.8 Å². The lowest BCUT2D eigenvalue weighted by atomic mass is 10.1. The summed E-state index contributed by atoms with van der Waals surface area (Å²) in [6.45, 7) is 4.13. The number of hydrogen-bond donors (Lipinski definition) is 0. The van der Waals surface area contributed by atoms with Crippen molar-refractivity contribution in [2.45, 2.75) is 20.0 Å². The van der Waals surface area contributed by atoms with Crippen molar-refractivity contribution in [1.29, 1.82) is 0 Å². The van der Waals surface area contributed by atoms with Crippen molar-refractivity contribution in [2.75, 3.05) is 6.79 Å². The number of carbonyl (C=O) groups excluding carboxylic acids is 1. The van der Waals surface area contributed by atoms with Gasteiger partial charge >= 0.3 is 0 Å². The number of carbonyl (C=O) groups is 1. The van der Waals surface area contributed by atoms with Gasteiger partial charge in [0, 0.05) is 10.0 Å². The zero-order valence-electron chi connectivity index (χ0n) is 13.4. The monoisotopic (exact) mass is 388 g/mol. The molecular formula is C19H17BrO4. The molecule has 0 N–H and O–H groups in total. The second-order valence-electron chi connectivity index (χ2n) is 5.62. The first-order chi connectivity index (χ1) is 11.5. The molecule has 1 aliphatic heterocycles. The Morgan fingerprint density at radius 1 is 1.17 bits per heavy atom. The first kappa shape index (κ1) is 16.6. The molecule has 0 atom stereocenters. The van der Waals surface area contributed by atoms with Crippen LogP contribution in [0.3, 0.4) is 0 Å². The van der Waals surface area contributed by atoms with Crippen LogP contribution in [-0.4, -0.2) is 18.7 Å². The second kappa shape index (κ2) is 7.09. The zero-order chi connectivity index (χ0) is 17.1. The van der Waals surface area contributed by atoms with Crippen LogP contribution in [0.4, 0.5) is 0 Å². The summed E-state index contributed by atoms with van der Waals surface area (Å²) in [5.41, 5.74) is 1.43. The van der Waals surface area contributed by atoms with Gasteiger partial charge in [0.2, 0.25) is 6.79 Å². The summed E-state index contributed by atoms with van der Waals surface area (Å²) >= 11 is 3.42. The van der Waals surface area contributed by atoms with Crippen LogP contribution in [0, 0.1) is 0 Å². The largest absolute Gasteiger partial charge is 0.491 e. The van der Waals surface area contributed by atoms with Crippen molar-refractivity contribution in [3.05, 3.63) is 58.1 Å². The third-order valence-corrected chi connectivity index (χ3v) is 4.09. The molecule has 0 spiro atoms. The van der Waals surface area contributed by atoms with Gasteiger partial charge in [-0.15, -0.1) is 0 Å². The Morgan fingerprint density at radius 2 is 1.96 bits per heavy atom. The Bertz CT molecular complexity index is 796. The van der Waals surface area contributed by atoms with Crippen LogP contribution in [0.15, 0.2) is 46.9 Å². The maximum Gasteiger partial charge on any atom is 0.231 e. The Kier molecular flexibility index (Phi) is 4.90. The predicted molar refractivity (Wildman–Crippen MR) is 95.8 cm³/mol. The standard InChI is InChI=1S/C19H17BrO4/c1-12(2)24-14-5-6-16(20)15(10-14)17(21)7-3-13-4-8-18-19(9-13)23-11-22-18/h3-10,12H,11H2,1-2H3/b7-3+. The van der Waals surface area contributed by atoms with Crippen molar-refractivity contribution in [3.63, 3.8) is 0 Å². The summed E-state index contributed by atoms with van der Waals surface area (Å²) in [5.74, 6) is 1.99. The number of rotatable bonds is 5. The summed E-state index contributed by atoms with van der Waals surface area (Å²) in [4.78, 5) is 12.5. The Hall–Kier alpha value is -2.27. The first-order valence-corrected chi connectivity index (χ1v) is 8.40. The van der Waals surface area contributed by atoms with Gasteiger partial charge in [0.25, 0.3) is 0 Å². The predicted octanol–water partition coefficient (Wildman–Crippen LogP) is 4.86. The van der Waals surface area contributed by atoms with Gasteiger partial charge in [-0.1, -0.05) is 28.1 Å². The molecule has 3 rings (SSSR count). The Labute approximate surface area is 149 Å². The summed E-state index contributed by atoms with van der Waals surface area (Å²) in [6, 6.07) is 11.0. The van der Waals surface area contributed by atoms with E-state index in [2.05, 4.69) is 15.9 Å². The number of benzene rings is 2. The minimum absolute atomic E-state index is 0.0540. The van der Waals surface area contributed by atoms with Gasteiger partial charge in [0.1, 0.15) is 5.75 Å². The van der Waals surface area contributed by atoms with Gasteiger partial charge in [-0.25, -0.2) is 0 Å². The number of ether oxygens (including phenoxy) is 3. The van der Waals surface area contributed by atoms with E-state index in [0.717, 1.165) is 15.8 Å². The lowest BCUT2D eigenvalue weighted by molar-refractivity contribution is 0.104. The highest BCUT2D eigenvalue weighted by molar-refractivity contribution is 9.10. The highest BCUT2D eigenvalue weighted by atomic mass is 79.9. The van der Waals surface area contributed by atoms with Crippen LogP contribution in [0.1, 0.15) is 29.8 Å². The fourth-order valence-corrected chi connectivity index (χ4v) is 2.76. The van der Waals surface area contributed by atoms with Gasteiger partial charge in [0.15, 0.2) is 17.3 Å². The van der Waals surface area contributed by atoms with Crippen LogP contribution in [0.25, 0.3) is 6.08 Å². The lowest BCUT2D eigenvalue weighted by Gasteiger charge is -2.11. The summed E-state index contributed by atoms with van der Waals surface area (Å²) in [5, 5.41) is 0. The van der Waals surface area contributed by atoms with Gasteiger partial charge in [-0.05, 0) is 55.8 Å². The summed E-state index contributed by atoms with van der Waals surface area (Å²) in [7, 11) is 0. The maximum absolute atomic E-state index is 12.5. The Morgan fingerprint density at radius 3 is 2.75 bits per heavy atom. The minimum atomic E-state index is -0.103. The molecule has 0 bridgehead atoms. The minimum Gasteiger partial charge on any atom is -0.491 e. The van der Waals surface area contributed by atoms with Crippen molar-refractivity contribution < 1.29 is 19.0 Å². The topological polar surface area (TPSA) is 44.8 Å². The third-order valence-electron chi connectivity index (χ3n) is 3.40. The van der Waals surface area contributed by atoms with Crippen molar-refractivity contribution in [1.82, 2.24) is 0 Å². The number of ketones is 1. The molecule has 5 heteroatoms. The molecule has 0 unspecified atom stereocenters. The van der Waals surface area contributed by atoms with E-state index < -0.39 is 0 Å². The van der Waals surface area contributed by atoms with E-state index in [1.165, 1.54) is 6.08 Å². The van der Waals surface area contributed by atoms with E-state index in [9.17, 15) is 4.79 Å². The van der Waals surface area contributed by atoms with Gasteiger partial charge in [-0.2, -0.15) is 0 Å². The summed E-state index contributed by atoms with van der Waals surface area (Å²) < 4.78 is 17.0. The summed E-state index contributed by atoms with van der Waals surface area (Å²) in [6.07, 6.45) is 3.35. The van der Waals surface area contributed by atoms with Crippen LogP contribution in [0.5, 0.6) is 17.2 Å². The van der Waals surface area contributed by atoms with Gasteiger partial charge < -0.3 is 14.2 Å². The van der Waals surface area contributed by atoms with Crippen molar-refractivity contribution in [3.8, 4) is 17.2 Å². The fraction of sp³-hybridized carbons (Fsp3) is 0.211. The highest BCUT2D eigenvalue weighted by Gasteiger charge is 2.13. The SMILES string of the molecule is CC(C)Oc1ccc(Br)c(C(=O)/C=C/c2ccc3c(c2)OCO3)c1. The van der Waals surface area contributed by atoms with E-state index in [1.807, 2.05) is 44.2 Å². The highest BCUT2D eigenvalue weighted by Crippen LogP contribution is 2.33. The Balaban J connectivity index is 1.79. The number of allylic oxidation sites excluding steroid dienone is 1. The molecule has 0 saturated heterocycles. The normalized spacial score (nSPS) is 12.8. The maximum atomic E-state index is 12.5. The van der Waals surface area contributed by atoms with Crippen LogP contribution < -0.4 is 14.2 Å². The fourth-order valence-electron chi connectivity index (χ4n) is 2.32.